The molecule has 42 heavy (non-hydrogen) atoms. The van der Waals surface area contributed by atoms with Crippen LogP contribution in [0, 0.1) is 18.7 Å². The third-order valence-corrected chi connectivity index (χ3v) is 7.44. The van der Waals surface area contributed by atoms with Gasteiger partial charge in [-0.3, -0.25) is 4.79 Å². The lowest BCUT2D eigenvalue weighted by molar-refractivity contribution is -0.113. The van der Waals surface area contributed by atoms with Crippen LogP contribution in [0.15, 0.2) is 67.1 Å². The summed E-state index contributed by atoms with van der Waals surface area (Å²) in [4.78, 5) is 29.3. The molecule has 0 radical (unpaired) electrons. The van der Waals surface area contributed by atoms with Crippen molar-refractivity contribution in [2.45, 2.75) is 19.5 Å². The number of carbonyl (C=O) groups is 1. The summed E-state index contributed by atoms with van der Waals surface area (Å²) in [5.41, 5.74) is 10.3. The zero-order chi connectivity index (χ0) is 29.7. The highest BCUT2D eigenvalue weighted by molar-refractivity contribution is 6.34. The minimum absolute atomic E-state index is 0.0225. The molecule has 0 unspecified atom stereocenters. The van der Waals surface area contributed by atoms with Crippen molar-refractivity contribution in [3.63, 3.8) is 0 Å². The van der Waals surface area contributed by atoms with Crippen molar-refractivity contribution in [2.24, 2.45) is 13.0 Å². The number of anilines is 2. The number of rotatable bonds is 7. The van der Waals surface area contributed by atoms with Gasteiger partial charge in [0.15, 0.2) is 11.6 Å². The number of nitrogen functional groups attached to an aromatic ring is 1. The van der Waals surface area contributed by atoms with Crippen LogP contribution >= 0.6 is 11.6 Å². The van der Waals surface area contributed by atoms with Crippen LogP contribution in [0.25, 0.3) is 33.4 Å². The normalized spacial score (nSPS) is 15.9. The third kappa shape index (κ3) is 4.92. The molecule has 6 rings (SSSR count). The predicted octanol–water partition coefficient (Wildman–Crippen LogP) is 6.42. The van der Waals surface area contributed by atoms with Crippen molar-refractivity contribution in [2.75, 3.05) is 11.1 Å². The minimum Gasteiger partial charge on any atom is -0.421 e. The van der Waals surface area contributed by atoms with Crippen molar-refractivity contribution in [3.8, 4) is 34.1 Å². The Morgan fingerprint density at radius 1 is 1.19 bits per heavy atom. The number of carbonyl (C=O) groups excluding carboxylic acids is 1. The highest BCUT2D eigenvalue weighted by Crippen LogP contribution is 2.45. The lowest BCUT2D eigenvalue weighted by Crippen LogP contribution is -2.15. The van der Waals surface area contributed by atoms with Crippen LogP contribution in [0.1, 0.15) is 12.1 Å². The Morgan fingerprint density at radius 2 is 1.98 bits per heavy atom. The van der Waals surface area contributed by atoms with E-state index in [1.807, 2.05) is 0 Å². The second-order valence-electron chi connectivity index (χ2n) is 10.0. The van der Waals surface area contributed by atoms with Gasteiger partial charge < -0.3 is 20.4 Å². The Morgan fingerprint density at radius 3 is 2.67 bits per heavy atom. The smallest absolute Gasteiger partial charge is 0.322 e. The quantitative estimate of drug-likeness (QED) is 0.211. The maximum Gasteiger partial charge on any atom is 0.322 e. The second kappa shape index (κ2) is 10.5. The van der Waals surface area contributed by atoms with E-state index in [9.17, 15) is 9.18 Å². The van der Waals surface area contributed by atoms with Gasteiger partial charge >= 0.3 is 6.01 Å². The van der Waals surface area contributed by atoms with Crippen LogP contribution in [0.2, 0.25) is 5.02 Å². The largest absolute Gasteiger partial charge is 0.421 e. The molecule has 0 aliphatic heterocycles. The number of hydrogen-bond acceptors (Lipinski definition) is 7. The number of aryl methyl sites for hydroxylation is 2. The molecule has 0 saturated heterocycles. The van der Waals surface area contributed by atoms with Gasteiger partial charge in [-0.1, -0.05) is 24.2 Å². The summed E-state index contributed by atoms with van der Waals surface area (Å²) < 4.78 is 36.2. The molecule has 5 aromatic rings. The molecule has 3 N–H and O–H groups in total. The van der Waals surface area contributed by atoms with Crippen molar-refractivity contribution in [1.29, 1.82) is 0 Å². The number of nitrogens with one attached hydrogen (secondary N) is 1. The van der Waals surface area contributed by atoms with Crippen LogP contribution in [-0.4, -0.2) is 36.6 Å². The van der Waals surface area contributed by atoms with E-state index in [4.69, 9.17) is 22.1 Å². The monoisotopic (exact) mass is 587 g/mol. The number of nitrogens with zero attached hydrogens (tertiary/aromatic N) is 5. The first-order chi connectivity index (χ1) is 20.1. The third-order valence-electron chi connectivity index (χ3n) is 7.12. The van der Waals surface area contributed by atoms with E-state index in [-0.39, 0.29) is 23.2 Å². The van der Waals surface area contributed by atoms with E-state index < -0.39 is 23.8 Å². The van der Waals surface area contributed by atoms with Crippen LogP contribution < -0.4 is 15.8 Å². The van der Waals surface area contributed by atoms with E-state index in [1.165, 1.54) is 24.7 Å². The van der Waals surface area contributed by atoms with E-state index in [2.05, 4.69) is 31.8 Å². The molecule has 2 aromatic carbocycles. The van der Waals surface area contributed by atoms with Gasteiger partial charge in [-0.15, -0.1) is 0 Å². The first-order valence-electron chi connectivity index (χ1n) is 12.9. The number of benzene rings is 2. The molecule has 1 aliphatic rings. The van der Waals surface area contributed by atoms with Crippen molar-refractivity contribution < 1.29 is 18.3 Å². The number of fused-ring (bicyclic) bond motifs is 1. The predicted molar refractivity (Wildman–Crippen MR) is 156 cm³/mol. The summed E-state index contributed by atoms with van der Waals surface area (Å²) >= 11 is 6.76. The molecule has 1 fully saturated rings. The Labute approximate surface area is 244 Å². The van der Waals surface area contributed by atoms with Gasteiger partial charge in [0, 0.05) is 47.2 Å². The molecule has 1 saturated carbocycles. The number of aromatic nitrogens is 5. The molecule has 12 heteroatoms. The van der Waals surface area contributed by atoms with Gasteiger partial charge in [0.25, 0.3) is 5.91 Å². The van der Waals surface area contributed by atoms with Gasteiger partial charge in [0.05, 0.1) is 16.1 Å². The first-order valence-corrected chi connectivity index (χ1v) is 13.3. The first kappa shape index (κ1) is 27.3. The number of hydrogen-bond donors (Lipinski definition) is 2. The Bertz CT molecular complexity index is 1910. The molecule has 0 spiro atoms. The number of nitrogens with two attached hydrogens (primary N) is 1. The zero-order valence-electron chi connectivity index (χ0n) is 22.5. The highest BCUT2D eigenvalue weighted by Gasteiger charge is 2.42. The van der Waals surface area contributed by atoms with E-state index in [1.54, 1.807) is 48.9 Å². The van der Waals surface area contributed by atoms with Gasteiger partial charge in [0.1, 0.15) is 24.0 Å². The maximum absolute atomic E-state index is 15.4. The van der Waals surface area contributed by atoms with Gasteiger partial charge in [-0.2, -0.15) is 0 Å². The molecular weight excluding hydrogens is 564 g/mol. The number of halogens is 3. The van der Waals surface area contributed by atoms with E-state index in [0.29, 0.717) is 56.2 Å². The summed E-state index contributed by atoms with van der Waals surface area (Å²) in [5.74, 6) is -1.42. The summed E-state index contributed by atoms with van der Waals surface area (Å²) in [7, 11) is 1.79. The Balaban J connectivity index is 1.41. The molecule has 0 bridgehead atoms. The molecule has 212 valence electrons. The summed E-state index contributed by atoms with van der Waals surface area (Å²) in [5, 5.41) is 3.53. The van der Waals surface area contributed by atoms with Crippen LogP contribution in [0.3, 0.4) is 0 Å². The lowest BCUT2D eigenvalue weighted by atomic mass is 9.98. The number of amides is 1. The van der Waals surface area contributed by atoms with E-state index >= 15 is 4.39 Å². The minimum atomic E-state index is -1.03. The summed E-state index contributed by atoms with van der Waals surface area (Å²) in [6, 6.07) is 11.2. The van der Waals surface area contributed by atoms with Crippen molar-refractivity contribution >= 4 is 40.0 Å². The average molecular weight is 588 g/mol. The highest BCUT2D eigenvalue weighted by atomic mass is 35.5. The molecule has 3 heterocycles. The zero-order valence-corrected chi connectivity index (χ0v) is 23.3. The van der Waals surface area contributed by atoms with Crippen molar-refractivity contribution in [3.05, 3.63) is 83.7 Å². The Hall–Kier alpha value is -4.90. The Kier molecular flexibility index (Phi) is 6.82. The lowest BCUT2D eigenvalue weighted by Gasteiger charge is -2.13. The number of ether oxygens (including phenoxy) is 1. The SMILES string of the molecule is C=C(C(=O)Nc1ccc(-c2c(-c3ccc(Oc4nccc(C)n4)c(F)c3)c3c(N)ncnc3n2C)c(Cl)c1)[C@@H]1C[C@@H]1F. The fourth-order valence-electron chi connectivity index (χ4n) is 4.87. The fraction of sp³-hybridized carbons (Fsp3) is 0.167. The van der Waals surface area contributed by atoms with Crippen LogP contribution in [0.4, 0.5) is 20.3 Å². The van der Waals surface area contributed by atoms with Crippen LogP contribution in [0.5, 0.6) is 11.8 Å². The van der Waals surface area contributed by atoms with Crippen molar-refractivity contribution in [1.82, 2.24) is 24.5 Å². The summed E-state index contributed by atoms with van der Waals surface area (Å²) in [6.45, 7) is 5.50. The van der Waals surface area contributed by atoms with Gasteiger partial charge in [-0.05, 0) is 55.3 Å². The average Bonchev–Trinajstić information content (AvgIpc) is 3.61. The molecule has 1 amide bonds. The van der Waals surface area contributed by atoms with Gasteiger partial charge in [0.2, 0.25) is 0 Å². The van der Waals surface area contributed by atoms with Gasteiger partial charge in [-0.25, -0.2) is 28.7 Å². The van der Waals surface area contributed by atoms with Crippen LogP contribution in [-0.2, 0) is 11.8 Å². The standard InChI is InChI=1S/C30H24ClF2N7O2/c1-14-8-9-35-30(38-14)42-23-7-4-16(10-22(23)33)24-25-27(34)36-13-37-28(25)40(3)26(24)18-6-5-17(11-20(18)31)39-29(41)15(2)19-12-21(19)32/h4-11,13,19,21H,2,12H2,1,3H3,(H,39,41)(H2,34,36,37)/t19-,21-/m0/s1. The molecule has 3 aromatic heterocycles. The maximum atomic E-state index is 15.4. The fourth-order valence-corrected chi connectivity index (χ4v) is 5.14. The molecule has 9 nitrogen and oxygen atoms in total. The molecule has 2 atom stereocenters. The molecular formula is C30H24ClF2N7O2. The topological polar surface area (TPSA) is 121 Å². The second-order valence-corrected chi connectivity index (χ2v) is 10.4. The number of alkyl halides is 1. The molecule has 1 aliphatic carbocycles. The van der Waals surface area contributed by atoms with E-state index in [0.717, 1.165) is 0 Å². The summed E-state index contributed by atoms with van der Waals surface area (Å²) in [6.07, 6.45) is 2.14.